The van der Waals surface area contributed by atoms with Crippen molar-refractivity contribution in [2.45, 2.75) is 6.42 Å². The second kappa shape index (κ2) is 1.96. The molecule has 2 aliphatic rings. The summed E-state index contributed by atoms with van der Waals surface area (Å²) < 4.78 is 0. The zero-order chi connectivity index (χ0) is 6.27. The quantitative estimate of drug-likeness (QED) is 0.533. The second-order valence-corrected chi connectivity index (χ2v) is 3.25. The van der Waals surface area contributed by atoms with Crippen molar-refractivity contribution in [3.63, 3.8) is 0 Å². The van der Waals surface area contributed by atoms with Gasteiger partial charge in [-0.05, 0) is 24.8 Å². The number of fused-ring (bicyclic) bond motifs is 2. The predicted octanol–water partition coefficient (Wildman–Crippen LogP) is -0.0696. The monoisotopic (exact) mass is 127 g/mol. The van der Waals surface area contributed by atoms with E-state index < -0.39 is 0 Å². The summed E-state index contributed by atoms with van der Waals surface area (Å²) in [5, 5.41) is 8.86. The van der Waals surface area contributed by atoms with Gasteiger partial charge < -0.3 is 10.0 Å². The summed E-state index contributed by atoms with van der Waals surface area (Å²) >= 11 is 0. The molecule has 0 aliphatic carbocycles. The molecule has 0 aromatic heterocycles. The molecular weight excluding hydrogens is 114 g/mol. The number of nitrogens with zero attached hydrogens (tertiary/aromatic N) is 1. The van der Waals surface area contributed by atoms with Crippen LogP contribution in [0.1, 0.15) is 6.42 Å². The molecule has 2 heteroatoms. The van der Waals surface area contributed by atoms with Crippen LogP contribution in [0.2, 0.25) is 0 Å². The lowest BCUT2D eigenvalue weighted by atomic mass is 9.94. The molecule has 52 valence electrons. The molecule has 2 bridgehead atoms. The summed E-state index contributed by atoms with van der Waals surface area (Å²) in [7, 11) is 0. The molecule has 2 fully saturated rings. The normalized spacial score (nSPS) is 48.3. The lowest BCUT2D eigenvalue weighted by molar-refractivity contribution is 0.178. The zero-order valence-corrected chi connectivity index (χ0v) is 5.58. The van der Waals surface area contributed by atoms with E-state index in [4.69, 9.17) is 5.11 Å². The first-order valence-electron chi connectivity index (χ1n) is 3.73. The van der Waals surface area contributed by atoms with E-state index in [0.717, 1.165) is 12.5 Å². The highest BCUT2D eigenvalue weighted by Gasteiger charge is 2.36. The van der Waals surface area contributed by atoms with Gasteiger partial charge in [-0.1, -0.05) is 0 Å². The van der Waals surface area contributed by atoms with Crippen molar-refractivity contribution in [1.82, 2.24) is 4.90 Å². The maximum absolute atomic E-state index is 8.86. The lowest BCUT2D eigenvalue weighted by Crippen LogP contribution is -2.25. The largest absolute Gasteiger partial charge is 0.396 e. The van der Waals surface area contributed by atoms with Crippen LogP contribution in [0.3, 0.4) is 0 Å². The summed E-state index contributed by atoms with van der Waals surface area (Å²) in [4.78, 5) is 2.45. The number of aliphatic hydroxyl groups excluding tert-OH is 1. The van der Waals surface area contributed by atoms with Crippen LogP contribution in [0.25, 0.3) is 0 Å². The van der Waals surface area contributed by atoms with Crippen LogP contribution in [0, 0.1) is 11.8 Å². The Morgan fingerprint density at radius 1 is 1.44 bits per heavy atom. The van der Waals surface area contributed by atoms with Crippen LogP contribution in [-0.4, -0.2) is 36.2 Å². The smallest absolute Gasteiger partial charge is 0.0474 e. The molecule has 2 rings (SSSR count). The van der Waals surface area contributed by atoms with Gasteiger partial charge in [0.15, 0.2) is 0 Å². The fourth-order valence-corrected chi connectivity index (χ4v) is 2.10. The molecule has 2 nitrogen and oxygen atoms in total. The van der Waals surface area contributed by atoms with E-state index in [1.54, 1.807) is 0 Å². The van der Waals surface area contributed by atoms with Gasteiger partial charge in [-0.3, -0.25) is 0 Å². The first kappa shape index (κ1) is 5.69. The van der Waals surface area contributed by atoms with Gasteiger partial charge in [0.2, 0.25) is 0 Å². The Kier molecular flexibility index (Phi) is 1.24. The molecule has 2 aliphatic heterocycles. The molecule has 2 unspecified atom stereocenters. The Labute approximate surface area is 55.5 Å². The van der Waals surface area contributed by atoms with E-state index in [0.29, 0.717) is 12.5 Å². The van der Waals surface area contributed by atoms with E-state index in [1.807, 2.05) is 0 Å². The Morgan fingerprint density at radius 2 is 2.33 bits per heavy atom. The lowest BCUT2D eigenvalue weighted by Gasteiger charge is -2.18. The molecule has 2 saturated heterocycles. The highest BCUT2D eigenvalue weighted by Crippen LogP contribution is 2.31. The minimum Gasteiger partial charge on any atom is -0.396 e. The third-order valence-electron chi connectivity index (χ3n) is 2.70. The molecule has 0 aromatic carbocycles. The van der Waals surface area contributed by atoms with E-state index in [1.165, 1.54) is 19.5 Å². The SMILES string of the molecule is OCC1CN2CC[C@@H]1C2. The molecule has 2 heterocycles. The number of hydrogen-bond acceptors (Lipinski definition) is 2. The summed E-state index contributed by atoms with van der Waals surface area (Å²) in [5.41, 5.74) is 0. The molecule has 0 spiro atoms. The average Bonchev–Trinajstić information content (AvgIpc) is 2.45. The van der Waals surface area contributed by atoms with E-state index in [9.17, 15) is 0 Å². The number of hydrogen-bond donors (Lipinski definition) is 1. The van der Waals surface area contributed by atoms with Crippen molar-refractivity contribution in [3.8, 4) is 0 Å². The van der Waals surface area contributed by atoms with Gasteiger partial charge in [0, 0.05) is 19.7 Å². The van der Waals surface area contributed by atoms with Crippen LogP contribution in [-0.2, 0) is 0 Å². The minimum absolute atomic E-state index is 0.404. The van der Waals surface area contributed by atoms with Crippen molar-refractivity contribution in [2.75, 3.05) is 26.2 Å². The van der Waals surface area contributed by atoms with Crippen LogP contribution in [0.5, 0.6) is 0 Å². The molecule has 9 heavy (non-hydrogen) atoms. The summed E-state index contributed by atoms with van der Waals surface area (Å²) in [6, 6.07) is 0. The molecule has 1 N–H and O–H groups in total. The Balaban J connectivity index is 2.01. The third kappa shape index (κ3) is 0.775. The van der Waals surface area contributed by atoms with Gasteiger partial charge in [-0.25, -0.2) is 0 Å². The van der Waals surface area contributed by atoms with Crippen molar-refractivity contribution in [1.29, 1.82) is 0 Å². The predicted molar refractivity (Wildman–Crippen MR) is 35.1 cm³/mol. The second-order valence-electron chi connectivity index (χ2n) is 3.25. The van der Waals surface area contributed by atoms with E-state index >= 15 is 0 Å². The summed E-state index contributed by atoms with van der Waals surface area (Å²) in [6.07, 6.45) is 1.32. The molecule has 0 amide bonds. The van der Waals surface area contributed by atoms with E-state index in [-0.39, 0.29) is 0 Å². The topological polar surface area (TPSA) is 23.5 Å². The van der Waals surface area contributed by atoms with Gasteiger partial charge in [-0.15, -0.1) is 0 Å². The standard InChI is InChI=1S/C7H13NO/c9-5-7-4-8-2-1-6(7)3-8/h6-7,9H,1-5H2/t6-,7?/m1/s1. The Hall–Kier alpha value is -0.0800. The first-order valence-corrected chi connectivity index (χ1v) is 3.73. The van der Waals surface area contributed by atoms with E-state index in [2.05, 4.69) is 4.90 Å². The fourth-order valence-electron chi connectivity index (χ4n) is 2.10. The molecule has 0 radical (unpaired) electrons. The van der Waals surface area contributed by atoms with Crippen molar-refractivity contribution >= 4 is 0 Å². The molecule has 0 aromatic rings. The van der Waals surface area contributed by atoms with Gasteiger partial charge in [-0.2, -0.15) is 0 Å². The number of piperidine rings is 1. The zero-order valence-electron chi connectivity index (χ0n) is 5.58. The Morgan fingerprint density at radius 3 is 2.67 bits per heavy atom. The van der Waals surface area contributed by atoms with Crippen molar-refractivity contribution in [3.05, 3.63) is 0 Å². The highest BCUT2D eigenvalue weighted by atomic mass is 16.3. The minimum atomic E-state index is 0.404. The van der Waals surface area contributed by atoms with Crippen LogP contribution in [0.4, 0.5) is 0 Å². The van der Waals surface area contributed by atoms with Gasteiger partial charge in [0.05, 0.1) is 0 Å². The highest BCUT2D eigenvalue weighted by molar-refractivity contribution is 4.89. The third-order valence-corrected chi connectivity index (χ3v) is 2.70. The molecule has 3 atom stereocenters. The van der Waals surface area contributed by atoms with Crippen LogP contribution >= 0.6 is 0 Å². The summed E-state index contributed by atoms with van der Waals surface area (Å²) in [6.45, 7) is 4.09. The fraction of sp³-hybridized carbons (Fsp3) is 1.00. The van der Waals surface area contributed by atoms with Gasteiger partial charge in [0.25, 0.3) is 0 Å². The first-order chi connectivity index (χ1) is 4.40. The molecular formula is C7H13NO. The van der Waals surface area contributed by atoms with Crippen molar-refractivity contribution < 1.29 is 5.11 Å². The number of aliphatic hydroxyl groups is 1. The molecule has 0 saturated carbocycles. The maximum Gasteiger partial charge on any atom is 0.0474 e. The van der Waals surface area contributed by atoms with Crippen LogP contribution < -0.4 is 0 Å². The van der Waals surface area contributed by atoms with Crippen LogP contribution in [0.15, 0.2) is 0 Å². The number of rotatable bonds is 1. The van der Waals surface area contributed by atoms with Gasteiger partial charge >= 0.3 is 0 Å². The van der Waals surface area contributed by atoms with Crippen molar-refractivity contribution in [2.24, 2.45) is 11.8 Å². The maximum atomic E-state index is 8.86. The Bertz CT molecular complexity index is 115. The summed E-state index contributed by atoms with van der Waals surface area (Å²) in [5.74, 6) is 1.44. The average molecular weight is 127 g/mol. The van der Waals surface area contributed by atoms with Gasteiger partial charge in [0.1, 0.15) is 0 Å².